The molecule has 1 fully saturated rings. The van der Waals surface area contributed by atoms with Gasteiger partial charge in [0.25, 0.3) is 0 Å². The summed E-state index contributed by atoms with van der Waals surface area (Å²) in [6, 6.07) is 0. The largest absolute Gasteiger partial charge is 0.468 e. The lowest BCUT2D eigenvalue weighted by Gasteiger charge is -2.40. The Labute approximate surface area is 225 Å². The van der Waals surface area contributed by atoms with Crippen LogP contribution in [-0.4, -0.2) is 57.6 Å². The first-order chi connectivity index (χ1) is 16.2. The van der Waals surface area contributed by atoms with E-state index in [2.05, 4.69) is 63.0 Å². The summed E-state index contributed by atoms with van der Waals surface area (Å²) in [7, 11) is 1.71. The lowest BCUT2D eigenvalue weighted by Crippen LogP contribution is -2.46. The number of ether oxygens (including phenoxy) is 3. The minimum Gasteiger partial charge on any atom is -0.468 e. The monoisotopic (exact) mass is 622 g/mol. The highest BCUT2D eigenvalue weighted by atomic mass is 127. The van der Waals surface area contributed by atoms with Crippen LogP contribution in [0.25, 0.3) is 0 Å². The van der Waals surface area contributed by atoms with Gasteiger partial charge in [-0.2, -0.15) is 0 Å². The summed E-state index contributed by atoms with van der Waals surface area (Å²) in [6.45, 7) is 14.7. The molecule has 0 aliphatic heterocycles. The molecular weight excluding hydrogens is 579 g/mol. The Morgan fingerprint density at radius 1 is 1.00 bits per heavy atom. The van der Waals surface area contributed by atoms with E-state index in [1.165, 1.54) is 21.3 Å². The lowest BCUT2D eigenvalue weighted by atomic mass is 9.79. The molecule has 0 aromatic rings. The van der Waals surface area contributed by atoms with E-state index < -0.39 is 36.7 Å². The third-order valence-corrected chi connectivity index (χ3v) is 12.9. The highest BCUT2D eigenvalue weighted by Gasteiger charge is 2.73. The van der Waals surface area contributed by atoms with Gasteiger partial charge in [0.1, 0.15) is 5.41 Å². The number of unbranched alkanes of at least 4 members (excludes halogenated alkanes) is 1. The molecule has 9 heteroatoms. The Morgan fingerprint density at radius 3 is 2.00 bits per heavy atom. The van der Waals surface area contributed by atoms with Crippen LogP contribution >= 0.6 is 22.6 Å². The van der Waals surface area contributed by atoms with Crippen LogP contribution in [0.15, 0.2) is 24.8 Å². The van der Waals surface area contributed by atoms with E-state index in [4.69, 9.17) is 18.6 Å². The molecule has 200 valence electrons. The van der Waals surface area contributed by atoms with E-state index in [0.717, 1.165) is 10.8 Å². The second kappa shape index (κ2) is 12.4. The number of hydrogen-bond acceptors (Lipinski definition) is 7. The summed E-state index contributed by atoms with van der Waals surface area (Å²) in [6.07, 6.45) is 8.15. The first-order valence-electron chi connectivity index (χ1n) is 12.0. The summed E-state index contributed by atoms with van der Waals surface area (Å²) in [5.41, 5.74) is -3.12. The molecule has 0 heterocycles. The molecule has 1 aliphatic carbocycles. The van der Waals surface area contributed by atoms with Crippen LogP contribution in [0.3, 0.4) is 0 Å². The fourth-order valence-electron chi connectivity index (χ4n) is 4.26. The number of methoxy groups -OCH3 is 3. The maximum atomic E-state index is 13.0. The number of halogens is 1. The van der Waals surface area contributed by atoms with Crippen molar-refractivity contribution in [3.8, 4) is 0 Å². The summed E-state index contributed by atoms with van der Waals surface area (Å²) < 4.78 is 22.8. The van der Waals surface area contributed by atoms with Crippen molar-refractivity contribution in [2.45, 2.75) is 83.0 Å². The molecule has 0 amide bonds. The predicted octanol–water partition coefficient (Wildman–Crippen LogP) is 5.77. The SMILES string of the molecule is C=CC1(O[Si](C)(C)C(C)(C)C)CC1(C/C=C/CC(CCCCI)(C(=O)OC)C(=O)OC)C(=O)OC. The van der Waals surface area contributed by atoms with Gasteiger partial charge in [-0.3, -0.25) is 14.4 Å². The average Bonchev–Trinajstić information content (AvgIpc) is 3.45. The topological polar surface area (TPSA) is 88.1 Å². The Bertz CT molecular complexity index is 801. The van der Waals surface area contributed by atoms with Crippen molar-refractivity contribution in [3.05, 3.63) is 24.8 Å². The second-order valence-electron chi connectivity index (χ2n) is 10.8. The number of esters is 3. The highest BCUT2D eigenvalue weighted by molar-refractivity contribution is 14.1. The molecule has 1 rings (SSSR count). The molecule has 0 saturated heterocycles. The van der Waals surface area contributed by atoms with Gasteiger partial charge in [0.2, 0.25) is 0 Å². The van der Waals surface area contributed by atoms with Crippen molar-refractivity contribution < 1.29 is 33.0 Å². The molecule has 0 N–H and O–H groups in total. The Kier molecular flexibility index (Phi) is 11.2. The normalized spacial score (nSPS) is 22.5. The summed E-state index contributed by atoms with van der Waals surface area (Å²) >= 11 is 2.27. The molecule has 7 nitrogen and oxygen atoms in total. The van der Waals surface area contributed by atoms with Gasteiger partial charge in [-0.1, -0.05) is 68.0 Å². The van der Waals surface area contributed by atoms with Crippen LogP contribution in [0, 0.1) is 10.8 Å². The second-order valence-corrected chi connectivity index (χ2v) is 16.6. The molecule has 1 aliphatic rings. The van der Waals surface area contributed by atoms with E-state index in [0.29, 0.717) is 25.7 Å². The first kappa shape index (κ1) is 31.8. The van der Waals surface area contributed by atoms with Crippen LogP contribution in [0.2, 0.25) is 18.1 Å². The molecule has 1 saturated carbocycles. The zero-order valence-electron chi connectivity index (χ0n) is 22.6. The molecule has 0 radical (unpaired) electrons. The summed E-state index contributed by atoms with van der Waals surface area (Å²) in [5, 5.41) is -0.0398. The van der Waals surface area contributed by atoms with E-state index in [9.17, 15) is 14.4 Å². The van der Waals surface area contributed by atoms with Gasteiger partial charge in [0.05, 0.1) is 26.9 Å². The molecule has 2 atom stereocenters. The van der Waals surface area contributed by atoms with Gasteiger partial charge in [0.15, 0.2) is 13.7 Å². The van der Waals surface area contributed by atoms with Gasteiger partial charge < -0.3 is 18.6 Å². The van der Waals surface area contributed by atoms with Crippen LogP contribution in [0.1, 0.15) is 59.3 Å². The maximum Gasteiger partial charge on any atom is 0.323 e. The zero-order chi connectivity index (χ0) is 27.1. The Morgan fingerprint density at radius 2 is 1.57 bits per heavy atom. The number of alkyl halides is 1. The van der Waals surface area contributed by atoms with E-state index in [1.54, 1.807) is 12.2 Å². The summed E-state index contributed by atoms with van der Waals surface area (Å²) in [4.78, 5) is 38.4. The smallest absolute Gasteiger partial charge is 0.323 e. The summed E-state index contributed by atoms with van der Waals surface area (Å²) in [5.74, 6) is -1.58. The maximum absolute atomic E-state index is 13.0. The standard InChI is InChI=1S/C26H43IO7Si/c1-10-26(34-35(8,9)23(2,3)4)19-25(26,22(30)33-7)17-12-11-15-24(20(28)31-5,21(29)32-6)16-13-14-18-27/h10-12H,1,13-19H2,2-9H3/b12-11+. The third kappa shape index (κ3) is 6.57. The molecule has 2 unspecified atom stereocenters. The predicted molar refractivity (Wildman–Crippen MR) is 148 cm³/mol. The zero-order valence-corrected chi connectivity index (χ0v) is 25.8. The minimum atomic E-state index is -2.21. The van der Waals surface area contributed by atoms with Gasteiger partial charge in [-0.25, -0.2) is 0 Å². The number of hydrogen-bond donors (Lipinski definition) is 0. The third-order valence-electron chi connectivity index (χ3n) is 7.64. The number of carbonyl (C=O) groups is 3. The van der Waals surface area contributed by atoms with E-state index in [-0.39, 0.29) is 17.4 Å². The number of rotatable bonds is 14. The van der Waals surface area contributed by atoms with Gasteiger partial charge >= 0.3 is 17.9 Å². The average molecular weight is 623 g/mol. The quantitative estimate of drug-likeness (QED) is 0.0355. The molecule has 0 bridgehead atoms. The van der Waals surface area contributed by atoms with Crippen molar-refractivity contribution in [2.24, 2.45) is 10.8 Å². The number of allylic oxidation sites excluding steroid dienone is 2. The van der Waals surface area contributed by atoms with Gasteiger partial charge in [0, 0.05) is 0 Å². The minimum absolute atomic E-state index is 0.0398. The molecular formula is C26H43IO7Si. The Hall–Kier alpha value is -1.20. The van der Waals surface area contributed by atoms with Crippen LogP contribution < -0.4 is 0 Å². The van der Waals surface area contributed by atoms with Crippen molar-refractivity contribution in [1.82, 2.24) is 0 Å². The van der Waals surface area contributed by atoms with E-state index >= 15 is 0 Å². The van der Waals surface area contributed by atoms with Crippen molar-refractivity contribution in [2.75, 3.05) is 25.8 Å². The Balaban J connectivity index is 3.22. The van der Waals surface area contributed by atoms with Crippen molar-refractivity contribution in [3.63, 3.8) is 0 Å². The van der Waals surface area contributed by atoms with Crippen molar-refractivity contribution in [1.29, 1.82) is 0 Å². The fourth-order valence-corrected chi connectivity index (χ4v) is 6.37. The van der Waals surface area contributed by atoms with Crippen LogP contribution in [-0.2, 0) is 33.0 Å². The highest BCUT2D eigenvalue weighted by Crippen LogP contribution is 2.65. The van der Waals surface area contributed by atoms with Gasteiger partial charge in [-0.15, -0.1) is 6.58 Å². The molecule has 0 aromatic heterocycles. The molecule has 35 heavy (non-hydrogen) atoms. The fraction of sp³-hybridized carbons (Fsp3) is 0.731. The lowest BCUT2D eigenvalue weighted by molar-refractivity contribution is -0.169. The van der Waals surface area contributed by atoms with Crippen LogP contribution in [0.4, 0.5) is 0 Å². The first-order valence-corrected chi connectivity index (χ1v) is 16.4. The van der Waals surface area contributed by atoms with Gasteiger partial charge in [-0.05, 0) is 54.7 Å². The van der Waals surface area contributed by atoms with Crippen molar-refractivity contribution >= 4 is 48.8 Å². The van der Waals surface area contributed by atoms with E-state index in [1.807, 2.05) is 6.08 Å². The van der Waals surface area contributed by atoms with Crippen LogP contribution in [0.5, 0.6) is 0 Å². The molecule has 0 aromatic carbocycles. The molecule has 0 spiro atoms. The number of carbonyl (C=O) groups excluding carboxylic acids is 3.